The van der Waals surface area contributed by atoms with E-state index in [0.29, 0.717) is 5.91 Å². The second kappa shape index (κ2) is 4.00. The van der Waals surface area contributed by atoms with Gasteiger partial charge in [0.15, 0.2) is 0 Å². The van der Waals surface area contributed by atoms with E-state index in [0.717, 1.165) is 65.1 Å². The van der Waals surface area contributed by atoms with Crippen LogP contribution in [0.5, 0.6) is 0 Å². The molecule has 0 unspecified atom stereocenters. The lowest BCUT2D eigenvalue weighted by Gasteiger charge is -2.49. The predicted molar refractivity (Wildman–Crippen MR) is 62.2 cm³/mol. The SMILES string of the molecule is O=C(N1CCNCC1)C12CCN(CC1)CC2. The summed E-state index contributed by atoms with van der Waals surface area (Å²) in [4.78, 5) is 17.2. The molecule has 90 valence electrons. The van der Waals surface area contributed by atoms with Gasteiger partial charge in [-0.05, 0) is 38.9 Å². The van der Waals surface area contributed by atoms with Crippen LogP contribution in [0, 0.1) is 5.41 Å². The van der Waals surface area contributed by atoms with Gasteiger partial charge in [-0.1, -0.05) is 0 Å². The smallest absolute Gasteiger partial charge is 0.229 e. The Hall–Kier alpha value is -0.610. The largest absolute Gasteiger partial charge is 0.340 e. The Morgan fingerprint density at radius 2 is 1.50 bits per heavy atom. The van der Waals surface area contributed by atoms with Crippen molar-refractivity contribution < 1.29 is 4.79 Å². The third-order valence-electron chi connectivity index (χ3n) is 4.58. The summed E-state index contributed by atoms with van der Waals surface area (Å²) in [5.41, 5.74) is 0.0199. The summed E-state index contributed by atoms with van der Waals surface area (Å²) in [5.74, 6) is 0.452. The van der Waals surface area contributed by atoms with Crippen molar-refractivity contribution in [1.29, 1.82) is 0 Å². The van der Waals surface area contributed by atoms with Gasteiger partial charge in [0.05, 0.1) is 5.41 Å². The van der Waals surface area contributed by atoms with E-state index >= 15 is 0 Å². The fourth-order valence-electron chi connectivity index (χ4n) is 3.35. The van der Waals surface area contributed by atoms with Crippen LogP contribution in [0.1, 0.15) is 19.3 Å². The molecular formula is C12H21N3O. The van der Waals surface area contributed by atoms with E-state index in [1.165, 1.54) is 0 Å². The number of rotatable bonds is 1. The second-order valence-electron chi connectivity index (χ2n) is 5.41. The number of nitrogens with one attached hydrogen (secondary N) is 1. The highest BCUT2D eigenvalue weighted by molar-refractivity contribution is 5.83. The molecule has 2 bridgehead atoms. The molecular weight excluding hydrogens is 202 g/mol. The van der Waals surface area contributed by atoms with Gasteiger partial charge in [0.25, 0.3) is 0 Å². The van der Waals surface area contributed by atoms with Crippen LogP contribution in [0.25, 0.3) is 0 Å². The van der Waals surface area contributed by atoms with Crippen LogP contribution in [0.4, 0.5) is 0 Å². The molecule has 4 rings (SSSR count). The molecule has 0 aromatic heterocycles. The Kier molecular flexibility index (Phi) is 2.64. The van der Waals surface area contributed by atoms with Crippen LogP contribution < -0.4 is 5.32 Å². The van der Waals surface area contributed by atoms with Gasteiger partial charge in [0, 0.05) is 26.2 Å². The zero-order chi connectivity index (χ0) is 11.0. The van der Waals surface area contributed by atoms with E-state index in [4.69, 9.17) is 0 Å². The Morgan fingerprint density at radius 3 is 2.06 bits per heavy atom. The van der Waals surface area contributed by atoms with E-state index < -0.39 is 0 Å². The van der Waals surface area contributed by atoms with Gasteiger partial charge in [-0.2, -0.15) is 0 Å². The highest BCUT2D eigenvalue weighted by atomic mass is 16.2. The Labute approximate surface area is 97.0 Å². The number of fused-ring (bicyclic) bond motifs is 3. The number of carbonyl (C=O) groups is 1. The average Bonchev–Trinajstić information content (AvgIpc) is 2.41. The van der Waals surface area contributed by atoms with Gasteiger partial charge >= 0.3 is 0 Å². The molecule has 4 heterocycles. The molecule has 4 aliphatic rings. The summed E-state index contributed by atoms with van der Waals surface area (Å²) < 4.78 is 0. The van der Waals surface area contributed by atoms with E-state index in [1.54, 1.807) is 0 Å². The molecule has 0 saturated carbocycles. The van der Waals surface area contributed by atoms with E-state index in [1.807, 2.05) is 0 Å². The minimum Gasteiger partial charge on any atom is -0.340 e. The summed E-state index contributed by atoms with van der Waals surface area (Å²) in [5, 5.41) is 3.31. The molecule has 0 atom stereocenters. The molecule has 4 saturated heterocycles. The first kappa shape index (κ1) is 10.5. The van der Waals surface area contributed by atoms with Gasteiger partial charge in [0.2, 0.25) is 5.91 Å². The molecule has 1 amide bonds. The maximum absolute atomic E-state index is 12.6. The lowest BCUT2D eigenvalue weighted by molar-refractivity contribution is -0.150. The van der Waals surface area contributed by atoms with Crippen LogP contribution in [-0.2, 0) is 4.79 Å². The number of piperidine rings is 3. The van der Waals surface area contributed by atoms with Crippen molar-refractivity contribution in [3.63, 3.8) is 0 Å². The molecule has 0 aromatic carbocycles. The first-order valence-electron chi connectivity index (χ1n) is 6.53. The zero-order valence-electron chi connectivity index (χ0n) is 9.87. The van der Waals surface area contributed by atoms with Crippen LogP contribution in [0.3, 0.4) is 0 Å². The normalized spacial score (nSPS) is 38.8. The quantitative estimate of drug-likeness (QED) is 0.674. The fourth-order valence-corrected chi connectivity index (χ4v) is 3.35. The molecule has 0 aromatic rings. The van der Waals surface area contributed by atoms with Crippen LogP contribution in [-0.4, -0.2) is 61.5 Å². The third kappa shape index (κ3) is 1.64. The Bertz CT molecular complexity index is 264. The van der Waals surface area contributed by atoms with Crippen molar-refractivity contribution in [2.24, 2.45) is 5.41 Å². The van der Waals surface area contributed by atoms with E-state index in [2.05, 4.69) is 15.1 Å². The fraction of sp³-hybridized carbons (Fsp3) is 0.917. The molecule has 0 spiro atoms. The van der Waals surface area contributed by atoms with Gasteiger partial charge in [0.1, 0.15) is 0 Å². The van der Waals surface area contributed by atoms with E-state index in [-0.39, 0.29) is 5.41 Å². The molecule has 0 aliphatic carbocycles. The lowest BCUT2D eigenvalue weighted by atomic mass is 9.71. The molecule has 4 aliphatic heterocycles. The highest BCUT2D eigenvalue weighted by Crippen LogP contribution is 2.41. The van der Waals surface area contributed by atoms with Gasteiger partial charge in [-0.15, -0.1) is 0 Å². The number of hydrogen-bond acceptors (Lipinski definition) is 3. The van der Waals surface area contributed by atoms with Crippen molar-refractivity contribution in [2.75, 3.05) is 45.8 Å². The molecule has 0 radical (unpaired) electrons. The monoisotopic (exact) mass is 223 g/mol. The van der Waals surface area contributed by atoms with Crippen molar-refractivity contribution in [2.45, 2.75) is 19.3 Å². The van der Waals surface area contributed by atoms with Gasteiger partial charge in [-0.25, -0.2) is 0 Å². The highest BCUT2D eigenvalue weighted by Gasteiger charge is 2.46. The first-order valence-corrected chi connectivity index (χ1v) is 6.53. The molecule has 4 heteroatoms. The van der Waals surface area contributed by atoms with Gasteiger partial charge in [-0.3, -0.25) is 4.79 Å². The zero-order valence-corrected chi connectivity index (χ0v) is 9.87. The number of nitrogens with zero attached hydrogens (tertiary/aromatic N) is 2. The molecule has 16 heavy (non-hydrogen) atoms. The first-order chi connectivity index (χ1) is 7.80. The van der Waals surface area contributed by atoms with Crippen LogP contribution in [0.15, 0.2) is 0 Å². The van der Waals surface area contributed by atoms with Crippen LogP contribution in [0.2, 0.25) is 0 Å². The maximum Gasteiger partial charge on any atom is 0.229 e. The number of hydrogen-bond donors (Lipinski definition) is 1. The van der Waals surface area contributed by atoms with Crippen molar-refractivity contribution in [3.8, 4) is 0 Å². The number of amides is 1. The topological polar surface area (TPSA) is 35.6 Å². The summed E-state index contributed by atoms with van der Waals surface area (Å²) in [7, 11) is 0. The second-order valence-corrected chi connectivity index (χ2v) is 5.41. The lowest BCUT2D eigenvalue weighted by Crippen LogP contribution is -2.58. The summed E-state index contributed by atoms with van der Waals surface area (Å²) >= 11 is 0. The number of carbonyl (C=O) groups excluding carboxylic acids is 1. The third-order valence-corrected chi connectivity index (χ3v) is 4.58. The van der Waals surface area contributed by atoms with Crippen molar-refractivity contribution in [3.05, 3.63) is 0 Å². The van der Waals surface area contributed by atoms with Crippen molar-refractivity contribution >= 4 is 5.91 Å². The van der Waals surface area contributed by atoms with Crippen LogP contribution >= 0.6 is 0 Å². The standard InChI is InChI=1S/C12H21N3O/c16-11(15-9-4-13-5-10-15)12-1-6-14(7-2-12)8-3-12/h13H,1-10H2. The maximum atomic E-state index is 12.6. The minimum absolute atomic E-state index is 0.0199. The summed E-state index contributed by atoms with van der Waals surface area (Å²) in [6.45, 7) is 7.16. The Balaban J connectivity index is 1.72. The molecule has 4 nitrogen and oxygen atoms in total. The summed E-state index contributed by atoms with van der Waals surface area (Å²) in [6, 6.07) is 0. The number of piperazine rings is 1. The predicted octanol–water partition coefficient (Wildman–Crippen LogP) is -0.0959. The molecule has 4 fully saturated rings. The molecule has 1 N–H and O–H groups in total. The van der Waals surface area contributed by atoms with E-state index in [9.17, 15) is 4.79 Å². The van der Waals surface area contributed by atoms with Crippen molar-refractivity contribution in [1.82, 2.24) is 15.1 Å². The summed E-state index contributed by atoms with van der Waals surface area (Å²) in [6.07, 6.45) is 3.28. The minimum atomic E-state index is 0.0199. The van der Waals surface area contributed by atoms with Gasteiger partial charge < -0.3 is 15.1 Å². The average molecular weight is 223 g/mol. The Morgan fingerprint density at radius 1 is 0.938 bits per heavy atom.